The first kappa shape index (κ1) is 13.9. The molecule has 2 unspecified atom stereocenters. The number of aliphatic hydroxyl groups is 1. The standard InChI is InChI=1S/C15H23NOS/c1-12-15(8-5-9-18-12)16-14(11-17)10-13-6-3-2-4-7-13/h2-4,6-7,12,14-17H,5,8-11H2,1H3/t12?,14-,15?/m0/s1. The molecule has 100 valence electrons. The molecule has 0 aromatic heterocycles. The lowest BCUT2D eigenvalue weighted by atomic mass is 10.0. The van der Waals surface area contributed by atoms with E-state index in [1.165, 1.54) is 24.2 Å². The van der Waals surface area contributed by atoms with E-state index in [1.807, 2.05) is 17.8 Å². The van der Waals surface area contributed by atoms with Gasteiger partial charge in [-0.1, -0.05) is 37.3 Å². The molecule has 1 saturated heterocycles. The van der Waals surface area contributed by atoms with Crippen LogP contribution in [0.3, 0.4) is 0 Å². The largest absolute Gasteiger partial charge is 0.395 e. The summed E-state index contributed by atoms with van der Waals surface area (Å²) in [7, 11) is 0. The predicted octanol–water partition coefficient (Wildman–Crippen LogP) is 2.46. The van der Waals surface area contributed by atoms with E-state index in [-0.39, 0.29) is 12.6 Å². The first-order chi connectivity index (χ1) is 8.79. The molecule has 0 bridgehead atoms. The van der Waals surface area contributed by atoms with E-state index in [9.17, 15) is 5.11 Å². The molecule has 0 amide bonds. The Labute approximate surface area is 114 Å². The third-order valence-electron chi connectivity index (χ3n) is 3.60. The summed E-state index contributed by atoms with van der Waals surface area (Å²) in [6.45, 7) is 2.50. The zero-order valence-electron chi connectivity index (χ0n) is 11.0. The second-order valence-electron chi connectivity index (χ2n) is 5.06. The average molecular weight is 265 g/mol. The van der Waals surface area contributed by atoms with Crippen LogP contribution in [0.15, 0.2) is 30.3 Å². The number of nitrogens with one attached hydrogen (secondary N) is 1. The molecule has 2 rings (SSSR count). The summed E-state index contributed by atoms with van der Waals surface area (Å²) >= 11 is 2.04. The predicted molar refractivity (Wildman–Crippen MR) is 79.1 cm³/mol. The van der Waals surface area contributed by atoms with Gasteiger partial charge in [-0.3, -0.25) is 0 Å². The van der Waals surface area contributed by atoms with E-state index in [1.54, 1.807) is 0 Å². The van der Waals surface area contributed by atoms with E-state index < -0.39 is 0 Å². The van der Waals surface area contributed by atoms with Crippen molar-refractivity contribution in [3.63, 3.8) is 0 Å². The van der Waals surface area contributed by atoms with Crippen LogP contribution in [0.5, 0.6) is 0 Å². The van der Waals surface area contributed by atoms with Gasteiger partial charge < -0.3 is 10.4 Å². The lowest BCUT2D eigenvalue weighted by Crippen LogP contribution is -2.47. The van der Waals surface area contributed by atoms with Gasteiger partial charge in [0.1, 0.15) is 0 Å². The van der Waals surface area contributed by atoms with Gasteiger partial charge in [-0.2, -0.15) is 11.8 Å². The summed E-state index contributed by atoms with van der Waals surface area (Å²) in [5.41, 5.74) is 1.29. The zero-order chi connectivity index (χ0) is 12.8. The third kappa shape index (κ3) is 4.01. The van der Waals surface area contributed by atoms with Gasteiger partial charge >= 0.3 is 0 Å². The monoisotopic (exact) mass is 265 g/mol. The second-order valence-corrected chi connectivity index (χ2v) is 6.55. The van der Waals surface area contributed by atoms with Crippen LogP contribution in [0.25, 0.3) is 0 Å². The van der Waals surface area contributed by atoms with Crippen molar-refractivity contribution in [3.8, 4) is 0 Å². The molecule has 0 aliphatic carbocycles. The Balaban J connectivity index is 1.88. The van der Waals surface area contributed by atoms with Crippen LogP contribution in [0, 0.1) is 0 Å². The van der Waals surface area contributed by atoms with Gasteiger partial charge in [0.2, 0.25) is 0 Å². The van der Waals surface area contributed by atoms with Gasteiger partial charge in [0.25, 0.3) is 0 Å². The molecule has 1 aliphatic heterocycles. The van der Waals surface area contributed by atoms with Crippen molar-refractivity contribution >= 4 is 11.8 Å². The Kier molecular flexibility index (Phi) is 5.54. The first-order valence-electron chi connectivity index (χ1n) is 6.82. The van der Waals surface area contributed by atoms with E-state index >= 15 is 0 Å². The third-order valence-corrected chi connectivity index (χ3v) is 4.98. The summed E-state index contributed by atoms with van der Waals surface area (Å²) in [6.07, 6.45) is 3.43. The molecular formula is C15H23NOS. The number of aliphatic hydroxyl groups excluding tert-OH is 1. The number of benzene rings is 1. The fourth-order valence-corrected chi connectivity index (χ4v) is 3.67. The van der Waals surface area contributed by atoms with Gasteiger partial charge in [-0.25, -0.2) is 0 Å². The van der Waals surface area contributed by atoms with Crippen molar-refractivity contribution < 1.29 is 5.11 Å². The van der Waals surface area contributed by atoms with E-state index in [0.717, 1.165) is 6.42 Å². The van der Waals surface area contributed by atoms with E-state index in [0.29, 0.717) is 11.3 Å². The highest BCUT2D eigenvalue weighted by Crippen LogP contribution is 2.25. The van der Waals surface area contributed by atoms with Gasteiger partial charge in [0, 0.05) is 17.3 Å². The van der Waals surface area contributed by atoms with Crippen molar-refractivity contribution in [1.82, 2.24) is 5.32 Å². The first-order valence-corrected chi connectivity index (χ1v) is 7.87. The number of rotatable bonds is 5. The minimum atomic E-state index is 0.179. The summed E-state index contributed by atoms with van der Waals surface area (Å²) in [6, 6.07) is 11.1. The molecule has 3 heteroatoms. The van der Waals surface area contributed by atoms with Crippen LogP contribution < -0.4 is 5.32 Å². The molecule has 1 aromatic carbocycles. The molecule has 1 heterocycles. The highest BCUT2D eigenvalue weighted by atomic mass is 32.2. The van der Waals surface area contributed by atoms with Crippen LogP contribution in [0.1, 0.15) is 25.3 Å². The summed E-state index contributed by atoms with van der Waals surface area (Å²) < 4.78 is 0. The smallest absolute Gasteiger partial charge is 0.0587 e. The summed E-state index contributed by atoms with van der Waals surface area (Å²) in [4.78, 5) is 0. The Morgan fingerprint density at radius 2 is 2.17 bits per heavy atom. The molecule has 2 N–H and O–H groups in total. The molecule has 18 heavy (non-hydrogen) atoms. The van der Waals surface area contributed by atoms with Crippen molar-refractivity contribution in [2.45, 2.75) is 43.5 Å². The molecule has 0 radical (unpaired) electrons. The number of thioether (sulfide) groups is 1. The van der Waals surface area contributed by atoms with Crippen molar-refractivity contribution in [2.75, 3.05) is 12.4 Å². The molecule has 3 atom stereocenters. The minimum Gasteiger partial charge on any atom is -0.395 e. The fourth-order valence-electron chi connectivity index (χ4n) is 2.52. The Bertz CT molecular complexity index is 344. The maximum absolute atomic E-state index is 9.53. The molecule has 0 spiro atoms. The van der Waals surface area contributed by atoms with Gasteiger partial charge in [0.15, 0.2) is 0 Å². The normalized spacial score (nSPS) is 25.9. The fraction of sp³-hybridized carbons (Fsp3) is 0.600. The quantitative estimate of drug-likeness (QED) is 0.858. The highest BCUT2D eigenvalue weighted by Gasteiger charge is 2.24. The van der Waals surface area contributed by atoms with Crippen molar-refractivity contribution in [2.24, 2.45) is 0 Å². The second kappa shape index (κ2) is 7.17. The molecular weight excluding hydrogens is 242 g/mol. The van der Waals surface area contributed by atoms with Gasteiger partial charge in [-0.05, 0) is 30.6 Å². The van der Waals surface area contributed by atoms with E-state index in [4.69, 9.17) is 0 Å². The lowest BCUT2D eigenvalue weighted by molar-refractivity contribution is 0.226. The SMILES string of the molecule is CC1SCCCC1N[C@H](CO)Cc1ccccc1. The van der Waals surface area contributed by atoms with Crippen LogP contribution in [0.2, 0.25) is 0 Å². The van der Waals surface area contributed by atoms with Gasteiger partial charge in [-0.15, -0.1) is 0 Å². The maximum atomic E-state index is 9.53. The van der Waals surface area contributed by atoms with Crippen LogP contribution in [-0.2, 0) is 6.42 Å². The number of hydrogen-bond donors (Lipinski definition) is 2. The number of hydrogen-bond acceptors (Lipinski definition) is 3. The maximum Gasteiger partial charge on any atom is 0.0587 e. The zero-order valence-corrected chi connectivity index (χ0v) is 11.8. The minimum absolute atomic E-state index is 0.179. The van der Waals surface area contributed by atoms with Crippen LogP contribution in [0.4, 0.5) is 0 Å². The Morgan fingerprint density at radius 1 is 1.39 bits per heavy atom. The Hall–Kier alpha value is -0.510. The van der Waals surface area contributed by atoms with Gasteiger partial charge in [0.05, 0.1) is 6.61 Å². The average Bonchev–Trinajstić information content (AvgIpc) is 2.41. The lowest BCUT2D eigenvalue weighted by Gasteiger charge is -2.32. The molecule has 2 nitrogen and oxygen atoms in total. The van der Waals surface area contributed by atoms with Crippen LogP contribution in [-0.4, -0.2) is 34.8 Å². The molecule has 1 aromatic rings. The Morgan fingerprint density at radius 3 is 2.83 bits per heavy atom. The topological polar surface area (TPSA) is 32.3 Å². The highest BCUT2D eigenvalue weighted by molar-refractivity contribution is 7.99. The van der Waals surface area contributed by atoms with Crippen molar-refractivity contribution in [1.29, 1.82) is 0 Å². The van der Waals surface area contributed by atoms with Crippen LogP contribution >= 0.6 is 11.8 Å². The van der Waals surface area contributed by atoms with E-state index in [2.05, 4.69) is 36.5 Å². The molecule has 1 fully saturated rings. The van der Waals surface area contributed by atoms with Crippen molar-refractivity contribution in [3.05, 3.63) is 35.9 Å². The molecule has 0 saturated carbocycles. The summed E-state index contributed by atoms with van der Waals surface area (Å²) in [5.74, 6) is 1.28. The molecule has 1 aliphatic rings. The summed E-state index contributed by atoms with van der Waals surface area (Å²) in [5, 5.41) is 13.8.